The largest absolute Gasteiger partial charge is 0.507 e. The molecule has 3 atom stereocenters. The number of ether oxygens (including phenoxy) is 2. The number of hydrogen-bond donors (Lipinski definition) is 3. The minimum atomic E-state index is -0.572. The zero-order valence-electron chi connectivity index (χ0n) is 16.9. The zero-order chi connectivity index (χ0) is 20.9. The van der Waals surface area contributed by atoms with Gasteiger partial charge in [-0.3, -0.25) is 0 Å². The molecule has 3 N–H and O–H groups in total. The van der Waals surface area contributed by atoms with Gasteiger partial charge in [0.2, 0.25) is 0 Å². The van der Waals surface area contributed by atoms with E-state index >= 15 is 0 Å². The highest BCUT2D eigenvalue weighted by atomic mass is 35.5. The third-order valence-electron chi connectivity index (χ3n) is 6.58. The van der Waals surface area contributed by atoms with Crippen molar-refractivity contribution in [2.45, 2.75) is 63.4 Å². The monoisotopic (exact) mass is 431 g/mol. The fraction of sp³-hybridized carbons (Fsp3) is 0.545. The van der Waals surface area contributed by atoms with E-state index in [-0.39, 0.29) is 11.8 Å². The number of benzene rings is 1. The van der Waals surface area contributed by atoms with Gasteiger partial charge in [-0.2, -0.15) is 0 Å². The number of aliphatic hydroxyl groups is 1. The van der Waals surface area contributed by atoms with Crippen LogP contribution in [0.4, 0.5) is 5.82 Å². The van der Waals surface area contributed by atoms with Crippen LogP contribution in [0.25, 0.3) is 11.3 Å². The molecule has 2 fully saturated rings. The van der Waals surface area contributed by atoms with Gasteiger partial charge in [-0.15, -0.1) is 10.2 Å². The summed E-state index contributed by atoms with van der Waals surface area (Å²) in [5.41, 5.74) is 3.32. The van der Waals surface area contributed by atoms with E-state index in [9.17, 15) is 10.2 Å². The number of nitrogens with one attached hydrogen (secondary N) is 1. The molecule has 7 nitrogen and oxygen atoms in total. The van der Waals surface area contributed by atoms with E-state index in [0.717, 1.165) is 48.8 Å². The third kappa shape index (κ3) is 3.24. The summed E-state index contributed by atoms with van der Waals surface area (Å²) in [6, 6.07) is 3.26. The molecule has 8 heteroatoms. The summed E-state index contributed by atoms with van der Waals surface area (Å²) in [5.74, 6) is 0.720. The van der Waals surface area contributed by atoms with Gasteiger partial charge in [0.15, 0.2) is 5.82 Å². The summed E-state index contributed by atoms with van der Waals surface area (Å²) >= 11 is 6.10. The topological polar surface area (TPSA) is 96.7 Å². The molecule has 1 spiro atoms. The van der Waals surface area contributed by atoms with Crippen molar-refractivity contribution in [3.8, 4) is 17.0 Å². The van der Waals surface area contributed by atoms with Crippen LogP contribution in [0.5, 0.6) is 5.75 Å². The van der Waals surface area contributed by atoms with Gasteiger partial charge in [-0.25, -0.2) is 0 Å². The molecule has 3 aliphatic rings. The number of rotatable bonds is 3. The molecule has 0 radical (unpaired) electrons. The van der Waals surface area contributed by atoms with Crippen LogP contribution in [-0.4, -0.2) is 45.8 Å². The highest BCUT2D eigenvalue weighted by Gasteiger charge is 2.48. The molecule has 1 unspecified atom stereocenters. The van der Waals surface area contributed by atoms with Crippen LogP contribution in [0.1, 0.15) is 48.8 Å². The van der Waals surface area contributed by atoms with Crippen LogP contribution >= 0.6 is 11.6 Å². The molecule has 2 aromatic rings. The maximum Gasteiger partial charge on any atom is 0.155 e. The Labute approximate surface area is 180 Å². The lowest BCUT2D eigenvalue weighted by molar-refractivity contribution is -0.0418. The number of phenolic OH excluding ortho intramolecular Hbond substituents is 1. The quantitative estimate of drug-likeness (QED) is 0.682. The zero-order valence-corrected chi connectivity index (χ0v) is 17.7. The highest BCUT2D eigenvalue weighted by Crippen LogP contribution is 2.49. The predicted molar refractivity (Wildman–Crippen MR) is 113 cm³/mol. The molecular formula is C22H26ClN3O4. The Hall–Kier alpha value is -1.93. The number of aromatic hydroxyl groups is 1. The van der Waals surface area contributed by atoms with Crippen molar-refractivity contribution in [3.63, 3.8) is 0 Å². The van der Waals surface area contributed by atoms with E-state index in [1.54, 1.807) is 6.07 Å². The van der Waals surface area contributed by atoms with Gasteiger partial charge >= 0.3 is 0 Å². The molecule has 1 saturated heterocycles. The van der Waals surface area contributed by atoms with Gasteiger partial charge in [-0.1, -0.05) is 24.4 Å². The van der Waals surface area contributed by atoms with Crippen molar-refractivity contribution in [1.82, 2.24) is 10.2 Å². The Kier molecular flexibility index (Phi) is 5.09. The van der Waals surface area contributed by atoms with Crippen molar-refractivity contribution in [3.05, 3.63) is 33.8 Å². The first-order valence-corrected chi connectivity index (χ1v) is 10.9. The van der Waals surface area contributed by atoms with Gasteiger partial charge in [0.1, 0.15) is 17.0 Å². The van der Waals surface area contributed by atoms with Crippen molar-refractivity contribution in [2.75, 3.05) is 18.5 Å². The Bertz CT molecular complexity index is 954. The van der Waals surface area contributed by atoms with Crippen molar-refractivity contribution < 1.29 is 19.7 Å². The molecule has 1 aliphatic carbocycles. The molecule has 1 saturated carbocycles. The molecule has 5 rings (SSSR count). The van der Waals surface area contributed by atoms with Gasteiger partial charge in [-0.05, 0) is 37.5 Å². The summed E-state index contributed by atoms with van der Waals surface area (Å²) in [6.07, 6.45) is 4.12. The molecule has 160 valence electrons. The Morgan fingerprint density at radius 2 is 2.07 bits per heavy atom. The molecule has 0 amide bonds. The first-order valence-electron chi connectivity index (χ1n) is 10.5. The van der Waals surface area contributed by atoms with Gasteiger partial charge in [0.25, 0.3) is 0 Å². The van der Waals surface area contributed by atoms with Crippen LogP contribution < -0.4 is 5.32 Å². The Morgan fingerprint density at radius 1 is 1.23 bits per heavy atom. The molecule has 3 heterocycles. The van der Waals surface area contributed by atoms with E-state index in [1.807, 2.05) is 6.92 Å². The molecule has 1 aromatic carbocycles. The molecule has 30 heavy (non-hydrogen) atoms. The number of nitrogens with zero attached hydrogens (tertiary/aromatic N) is 2. The number of hydrogen-bond acceptors (Lipinski definition) is 7. The first kappa shape index (κ1) is 20.0. The lowest BCUT2D eigenvalue weighted by Crippen LogP contribution is -2.38. The van der Waals surface area contributed by atoms with Crippen LogP contribution in [0.15, 0.2) is 12.1 Å². The van der Waals surface area contributed by atoms with E-state index in [2.05, 4.69) is 15.5 Å². The molecule has 0 bridgehead atoms. The second kappa shape index (κ2) is 7.64. The molecule has 2 aliphatic heterocycles. The second-order valence-corrected chi connectivity index (χ2v) is 8.99. The van der Waals surface area contributed by atoms with Gasteiger partial charge < -0.3 is 25.0 Å². The van der Waals surface area contributed by atoms with Crippen LogP contribution in [0.2, 0.25) is 5.02 Å². The van der Waals surface area contributed by atoms with Crippen molar-refractivity contribution in [2.24, 2.45) is 0 Å². The summed E-state index contributed by atoms with van der Waals surface area (Å²) in [6.45, 7) is 3.34. The Balaban J connectivity index is 1.64. The van der Waals surface area contributed by atoms with E-state index in [0.29, 0.717) is 41.9 Å². The second-order valence-electron chi connectivity index (χ2n) is 8.56. The standard InChI is InChI=1S/C22H26ClN3O4/c1-12-8-13(23)9-17(28)18(12)20-14-10-30-22(6-7-29-11-22)19(14)21(26-25-20)24-15-4-2-3-5-16(15)27/h8-9,15-16,27-28H,2-7,10-11H2,1H3,(H,24,26)/t15-,16-,22?/m1/s1. The SMILES string of the molecule is Cc1cc(Cl)cc(O)c1-c1nnc(N[C@@H]2CCCC[C@H]2O)c2c1COC21CCOC1. The third-order valence-corrected chi connectivity index (χ3v) is 6.79. The number of halogens is 1. The fourth-order valence-corrected chi connectivity index (χ4v) is 5.30. The van der Waals surface area contributed by atoms with Crippen LogP contribution in [-0.2, 0) is 21.7 Å². The summed E-state index contributed by atoms with van der Waals surface area (Å²) in [5, 5.41) is 34.0. The number of phenols is 1. The predicted octanol–water partition coefficient (Wildman–Crippen LogP) is 3.67. The van der Waals surface area contributed by atoms with Crippen molar-refractivity contribution >= 4 is 17.4 Å². The number of aromatic nitrogens is 2. The van der Waals surface area contributed by atoms with Gasteiger partial charge in [0.05, 0.1) is 25.4 Å². The maximum atomic E-state index is 10.6. The summed E-state index contributed by atoms with van der Waals surface area (Å²) in [7, 11) is 0. The molecule has 1 aromatic heterocycles. The highest BCUT2D eigenvalue weighted by molar-refractivity contribution is 6.31. The van der Waals surface area contributed by atoms with Crippen LogP contribution in [0.3, 0.4) is 0 Å². The van der Waals surface area contributed by atoms with Gasteiger partial charge in [0, 0.05) is 34.7 Å². The maximum absolute atomic E-state index is 10.6. The Morgan fingerprint density at radius 3 is 2.80 bits per heavy atom. The van der Waals surface area contributed by atoms with Crippen LogP contribution in [0, 0.1) is 6.92 Å². The minimum absolute atomic E-state index is 0.0614. The number of aryl methyl sites for hydroxylation is 1. The average molecular weight is 432 g/mol. The van der Waals surface area contributed by atoms with E-state index in [1.165, 1.54) is 6.07 Å². The van der Waals surface area contributed by atoms with E-state index < -0.39 is 11.7 Å². The number of fused-ring (bicyclic) bond motifs is 2. The number of anilines is 1. The lowest BCUT2D eigenvalue weighted by Gasteiger charge is -2.31. The lowest BCUT2D eigenvalue weighted by atomic mass is 9.88. The summed E-state index contributed by atoms with van der Waals surface area (Å²) < 4.78 is 12.0. The fourth-order valence-electron chi connectivity index (χ4n) is 5.03. The molecular weight excluding hydrogens is 406 g/mol. The normalized spacial score (nSPS) is 28.1. The first-order chi connectivity index (χ1) is 14.5. The average Bonchev–Trinajstić information content (AvgIpc) is 3.33. The number of aliphatic hydroxyl groups excluding tert-OH is 1. The summed E-state index contributed by atoms with van der Waals surface area (Å²) in [4.78, 5) is 0. The van der Waals surface area contributed by atoms with E-state index in [4.69, 9.17) is 21.1 Å². The minimum Gasteiger partial charge on any atom is -0.507 e. The smallest absolute Gasteiger partial charge is 0.155 e. The van der Waals surface area contributed by atoms with Crippen molar-refractivity contribution in [1.29, 1.82) is 0 Å².